The van der Waals surface area contributed by atoms with Crippen molar-refractivity contribution < 1.29 is 19.1 Å². The van der Waals surface area contributed by atoms with Crippen molar-refractivity contribution in [1.29, 1.82) is 0 Å². The average Bonchev–Trinajstić information content (AvgIpc) is 2.95. The first kappa shape index (κ1) is 25.3. The fourth-order valence-electron chi connectivity index (χ4n) is 5.73. The zero-order valence-corrected chi connectivity index (χ0v) is 22.3. The number of hydrogen-bond donors (Lipinski definition) is 1. The van der Waals surface area contributed by atoms with Crippen molar-refractivity contribution in [3.05, 3.63) is 99.6 Å². The highest BCUT2D eigenvalue weighted by atomic mass is 35.5. The number of esters is 1. The van der Waals surface area contributed by atoms with Crippen LogP contribution in [0.5, 0.6) is 0 Å². The Hall–Kier alpha value is -3.94. The van der Waals surface area contributed by atoms with Crippen LogP contribution in [0.4, 0.5) is 11.4 Å². The van der Waals surface area contributed by atoms with E-state index in [1.165, 1.54) is 7.11 Å². The maximum Gasteiger partial charge on any atom is 0.337 e. The zero-order valence-electron chi connectivity index (χ0n) is 21.5. The Labute approximate surface area is 232 Å². The van der Waals surface area contributed by atoms with E-state index in [2.05, 4.69) is 10.2 Å². The monoisotopic (exact) mass is 541 g/mol. The summed E-state index contributed by atoms with van der Waals surface area (Å²) in [5.41, 5.74) is 4.71. The largest absolute Gasteiger partial charge is 0.465 e. The number of fused-ring (bicyclic) bond motifs is 1. The molecule has 7 nitrogen and oxygen atoms in total. The Morgan fingerprint density at radius 3 is 2.51 bits per heavy atom. The summed E-state index contributed by atoms with van der Waals surface area (Å²) in [6, 6.07) is 17.9. The Kier molecular flexibility index (Phi) is 6.71. The molecule has 3 aliphatic rings. The van der Waals surface area contributed by atoms with E-state index in [9.17, 15) is 14.4 Å². The van der Waals surface area contributed by atoms with Gasteiger partial charge in [-0.25, -0.2) is 4.79 Å². The Bertz CT molecular complexity index is 1490. The summed E-state index contributed by atoms with van der Waals surface area (Å²) in [6.45, 7) is 2.58. The first-order valence-electron chi connectivity index (χ1n) is 13.1. The number of amides is 1. The van der Waals surface area contributed by atoms with Crippen LogP contribution < -0.4 is 10.2 Å². The molecule has 1 atom stereocenters. The van der Waals surface area contributed by atoms with Gasteiger partial charge in [-0.15, -0.1) is 0 Å². The van der Waals surface area contributed by atoms with Crippen LogP contribution in [0.1, 0.15) is 55.0 Å². The molecule has 0 aromatic heterocycles. The second kappa shape index (κ2) is 10.3. The maximum atomic E-state index is 13.9. The number of Topliss-reactive ketones (excluding diaryl/α,β-unsaturated/α-hetero) is 1. The molecule has 0 saturated carbocycles. The van der Waals surface area contributed by atoms with E-state index in [0.717, 1.165) is 43.6 Å². The predicted molar refractivity (Wildman–Crippen MR) is 152 cm³/mol. The van der Waals surface area contributed by atoms with Gasteiger partial charge in [0, 0.05) is 47.6 Å². The van der Waals surface area contributed by atoms with E-state index in [1.807, 2.05) is 30.3 Å². The molecule has 2 aliphatic heterocycles. The number of carbonyl (C=O) groups is 3. The van der Waals surface area contributed by atoms with Crippen molar-refractivity contribution in [3.8, 4) is 0 Å². The maximum absolute atomic E-state index is 13.9. The van der Waals surface area contributed by atoms with E-state index in [4.69, 9.17) is 16.3 Å². The number of carbonyl (C=O) groups excluding carboxylic acids is 3. The fraction of sp³-hybridized carbons (Fsp3) is 0.258. The fourth-order valence-corrected chi connectivity index (χ4v) is 5.91. The summed E-state index contributed by atoms with van der Waals surface area (Å²) in [5.74, 6) is -0.603. The molecule has 1 saturated heterocycles. The van der Waals surface area contributed by atoms with E-state index in [-0.39, 0.29) is 23.7 Å². The highest BCUT2D eigenvalue weighted by molar-refractivity contribution is 6.31. The second-order valence-corrected chi connectivity index (χ2v) is 10.6. The van der Waals surface area contributed by atoms with E-state index < -0.39 is 6.04 Å². The molecular formula is C31H28ClN3O4. The Balaban J connectivity index is 1.18. The first-order chi connectivity index (χ1) is 18.9. The van der Waals surface area contributed by atoms with Gasteiger partial charge in [-0.2, -0.15) is 0 Å². The molecule has 1 aliphatic carbocycles. The molecule has 1 fully saturated rings. The molecule has 1 unspecified atom stereocenters. The first-order valence-corrected chi connectivity index (χ1v) is 13.5. The van der Waals surface area contributed by atoms with Crippen LogP contribution in [0.25, 0.3) is 6.08 Å². The number of halogens is 1. The van der Waals surface area contributed by atoms with Crippen LogP contribution in [0, 0.1) is 0 Å². The molecule has 39 heavy (non-hydrogen) atoms. The number of likely N-dealkylation sites (tertiary alicyclic amines) is 1. The lowest BCUT2D eigenvalue weighted by Crippen LogP contribution is -2.51. The number of nitrogens with one attached hydrogen (secondary N) is 1. The lowest BCUT2D eigenvalue weighted by molar-refractivity contribution is 0.0600. The standard InChI is InChI=1S/C31H28ClN3O4/c1-39-31(38)21-7-5-19(6-8-21)18-34-15-13-23(14-16-34)33-25-11-9-20-10-12-26-29(36)27(20)28(25)30(37)35(26)24-4-2-3-22(32)17-24/h2-12,17,23,26,33H,13-16,18H2,1H3. The van der Waals surface area contributed by atoms with Crippen molar-refractivity contribution in [1.82, 2.24) is 4.90 Å². The lowest BCUT2D eigenvalue weighted by atomic mass is 9.82. The number of ketones is 1. The zero-order chi connectivity index (χ0) is 27.1. The van der Waals surface area contributed by atoms with Crippen LogP contribution in [0.15, 0.2) is 66.7 Å². The van der Waals surface area contributed by atoms with Crippen LogP contribution in [-0.2, 0) is 11.3 Å². The van der Waals surface area contributed by atoms with Gasteiger partial charge in [0.25, 0.3) is 5.91 Å². The third-order valence-corrected chi connectivity index (χ3v) is 7.97. The molecule has 8 heteroatoms. The quantitative estimate of drug-likeness (QED) is 0.419. The minimum atomic E-state index is -0.670. The second-order valence-electron chi connectivity index (χ2n) is 10.2. The number of rotatable bonds is 6. The Morgan fingerprint density at radius 2 is 1.79 bits per heavy atom. The molecule has 2 heterocycles. The normalized spacial score (nSPS) is 18.8. The van der Waals surface area contributed by atoms with Crippen molar-refractivity contribution in [2.24, 2.45) is 0 Å². The number of methoxy groups -OCH3 is 1. The van der Waals surface area contributed by atoms with Gasteiger partial charge in [-0.1, -0.05) is 48.0 Å². The average molecular weight is 542 g/mol. The minimum absolute atomic E-state index is 0.0706. The smallest absolute Gasteiger partial charge is 0.337 e. The number of anilines is 2. The lowest BCUT2D eigenvalue weighted by Gasteiger charge is -2.38. The summed E-state index contributed by atoms with van der Waals surface area (Å²) in [6.07, 6.45) is 5.52. The molecule has 198 valence electrons. The van der Waals surface area contributed by atoms with Crippen molar-refractivity contribution >= 4 is 46.7 Å². The van der Waals surface area contributed by atoms with Crippen LogP contribution >= 0.6 is 11.6 Å². The van der Waals surface area contributed by atoms with Gasteiger partial charge in [-0.3, -0.25) is 19.4 Å². The molecule has 1 N–H and O–H groups in total. The summed E-state index contributed by atoms with van der Waals surface area (Å²) in [7, 11) is 1.38. The number of benzene rings is 3. The summed E-state index contributed by atoms with van der Waals surface area (Å²) in [5, 5.41) is 4.10. The number of piperidine rings is 1. The van der Waals surface area contributed by atoms with Crippen molar-refractivity contribution in [2.75, 3.05) is 30.4 Å². The highest BCUT2D eigenvalue weighted by Gasteiger charge is 2.43. The SMILES string of the molecule is COC(=O)c1ccc(CN2CCC(Nc3ccc4c5c3C(=O)N(c3cccc(Cl)c3)C(C=C4)C5=O)CC2)cc1. The van der Waals surface area contributed by atoms with Gasteiger partial charge in [-0.05, 0) is 60.4 Å². The van der Waals surface area contributed by atoms with Gasteiger partial charge in [0.15, 0.2) is 5.78 Å². The molecule has 3 aromatic rings. The highest BCUT2D eigenvalue weighted by Crippen LogP contribution is 2.39. The van der Waals surface area contributed by atoms with Gasteiger partial charge >= 0.3 is 5.97 Å². The summed E-state index contributed by atoms with van der Waals surface area (Å²) >= 11 is 6.22. The van der Waals surface area contributed by atoms with Gasteiger partial charge in [0.05, 0.1) is 18.2 Å². The third-order valence-electron chi connectivity index (χ3n) is 7.74. The number of nitrogens with zero attached hydrogens (tertiary/aromatic N) is 2. The molecule has 2 bridgehead atoms. The molecular weight excluding hydrogens is 514 g/mol. The van der Waals surface area contributed by atoms with Gasteiger partial charge in [0.1, 0.15) is 6.04 Å². The summed E-state index contributed by atoms with van der Waals surface area (Å²) in [4.78, 5) is 43.0. The van der Waals surface area contributed by atoms with Crippen LogP contribution in [0.3, 0.4) is 0 Å². The van der Waals surface area contributed by atoms with Gasteiger partial charge in [0.2, 0.25) is 0 Å². The molecule has 0 radical (unpaired) electrons. The summed E-state index contributed by atoms with van der Waals surface area (Å²) < 4.78 is 4.77. The topological polar surface area (TPSA) is 79.0 Å². The molecule has 6 rings (SSSR count). The van der Waals surface area contributed by atoms with E-state index in [0.29, 0.717) is 33.1 Å². The third kappa shape index (κ3) is 4.73. The minimum Gasteiger partial charge on any atom is -0.465 e. The van der Waals surface area contributed by atoms with Crippen LogP contribution in [0.2, 0.25) is 5.02 Å². The molecule has 1 amide bonds. The predicted octanol–water partition coefficient (Wildman–Crippen LogP) is 5.44. The number of ether oxygens (including phenoxy) is 1. The van der Waals surface area contributed by atoms with Crippen molar-refractivity contribution in [2.45, 2.75) is 31.5 Å². The molecule has 0 spiro atoms. The van der Waals surface area contributed by atoms with Crippen LogP contribution in [-0.4, -0.2) is 54.8 Å². The van der Waals surface area contributed by atoms with Crippen molar-refractivity contribution in [3.63, 3.8) is 0 Å². The van der Waals surface area contributed by atoms with Gasteiger partial charge < -0.3 is 10.1 Å². The van der Waals surface area contributed by atoms with E-state index in [1.54, 1.807) is 47.4 Å². The number of hydrogen-bond acceptors (Lipinski definition) is 6. The Morgan fingerprint density at radius 1 is 1.03 bits per heavy atom. The molecule has 3 aromatic carbocycles. The van der Waals surface area contributed by atoms with E-state index >= 15 is 0 Å².